The van der Waals surface area contributed by atoms with Gasteiger partial charge in [0.05, 0.1) is 12.0 Å². The molecular weight excluding hydrogens is 336 g/mol. The molecule has 1 saturated heterocycles. The van der Waals surface area contributed by atoms with E-state index >= 15 is 0 Å². The van der Waals surface area contributed by atoms with Crippen molar-refractivity contribution in [2.24, 2.45) is 5.92 Å². The van der Waals surface area contributed by atoms with Crippen LogP contribution in [0.15, 0.2) is 47.1 Å². The summed E-state index contributed by atoms with van der Waals surface area (Å²) in [6.07, 6.45) is 3.67. The molecule has 0 spiro atoms. The van der Waals surface area contributed by atoms with Crippen molar-refractivity contribution in [3.63, 3.8) is 0 Å². The molecule has 2 aliphatic rings. The molecule has 0 aromatic rings. The molecule has 2 unspecified atom stereocenters. The van der Waals surface area contributed by atoms with Crippen LogP contribution in [-0.2, 0) is 23.9 Å². The van der Waals surface area contributed by atoms with Crippen LogP contribution in [-0.4, -0.2) is 41.6 Å². The van der Waals surface area contributed by atoms with Gasteiger partial charge in [-0.1, -0.05) is 18.7 Å². The van der Waals surface area contributed by atoms with Crippen molar-refractivity contribution in [2.75, 3.05) is 0 Å². The first-order valence-corrected chi connectivity index (χ1v) is 8.52. The molecule has 4 atom stereocenters. The summed E-state index contributed by atoms with van der Waals surface area (Å²) in [5, 5.41) is 10.2. The van der Waals surface area contributed by atoms with Gasteiger partial charge in [-0.05, 0) is 44.4 Å². The third-order valence-electron chi connectivity index (χ3n) is 4.82. The van der Waals surface area contributed by atoms with Gasteiger partial charge in [-0.2, -0.15) is 0 Å². The monoisotopic (exact) mass is 360 g/mol. The molecule has 6 nitrogen and oxygen atoms in total. The summed E-state index contributed by atoms with van der Waals surface area (Å²) in [6.45, 7) is 8.85. The lowest BCUT2D eigenvalue weighted by Crippen LogP contribution is -2.34. The molecule has 0 radical (unpaired) electrons. The number of hydrogen-bond acceptors (Lipinski definition) is 6. The van der Waals surface area contributed by atoms with E-state index in [-0.39, 0.29) is 18.4 Å². The quantitative estimate of drug-likeness (QED) is 0.359. The average molecular weight is 360 g/mol. The molecule has 6 heteroatoms. The maximum atomic E-state index is 12.3. The molecule has 0 aromatic heterocycles. The van der Waals surface area contributed by atoms with Crippen LogP contribution in [0.2, 0.25) is 0 Å². The second-order valence-corrected chi connectivity index (χ2v) is 6.60. The Morgan fingerprint density at radius 3 is 2.77 bits per heavy atom. The summed E-state index contributed by atoms with van der Waals surface area (Å²) in [5.74, 6) is -1.72. The first kappa shape index (κ1) is 19.8. The fourth-order valence-corrected chi connectivity index (χ4v) is 3.00. The highest BCUT2D eigenvalue weighted by Gasteiger charge is 2.44. The lowest BCUT2D eigenvalue weighted by molar-refractivity contribution is -0.147. The van der Waals surface area contributed by atoms with E-state index in [0.29, 0.717) is 23.0 Å². The molecule has 1 aliphatic carbocycles. The summed E-state index contributed by atoms with van der Waals surface area (Å²) < 4.78 is 11.0. The Morgan fingerprint density at radius 1 is 1.46 bits per heavy atom. The summed E-state index contributed by atoms with van der Waals surface area (Å²) in [4.78, 5) is 35.8. The van der Waals surface area contributed by atoms with E-state index in [4.69, 9.17) is 9.47 Å². The van der Waals surface area contributed by atoms with E-state index in [9.17, 15) is 19.5 Å². The molecule has 0 saturated carbocycles. The Bertz CT molecular complexity index is 712. The van der Waals surface area contributed by atoms with Gasteiger partial charge in [0.2, 0.25) is 0 Å². The summed E-state index contributed by atoms with van der Waals surface area (Å²) in [5.41, 5.74) is 1.62. The van der Waals surface area contributed by atoms with E-state index in [1.807, 2.05) is 0 Å². The highest BCUT2D eigenvalue weighted by Crippen LogP contribution is 2.36. The molecule has 26 heavy (non-hydrogen) atoms. The number of aliphatic hydroxyl groups excluding tert-OH is 1. The van der Waals surface area contributed by atoms with Crippen LogP contribution in [0.1, 0.15) is 33.6 Å². The molecule has 1 heterocycles. The maximum absolute atomic E-state index is 12.3. The van der Waals surface area contributed by atoms with Crippen LogP contribution in [0.4, 0.5) is 0 Å². The van der Waals surface area contributed by atoms with Crippen LogP contribution >= 0.6 is 0 Å². The molecule has 1 N–H and O–H groups in total. The number of hydrogen-bond donors (Lipinski definition) is 1. The number of aldehydes is 1. The molecule has 0 bridgehead atoms. The first-order chi connectivity index (χ1) is 12.3. The van der Waals surface area contributed by atoms with Crippen molar-refractivity contribution < 1.29 is 29.0 Å². The van der Waals surface area contributed by atoms with Crippen LogP contribution in [0.5, 0.6) is 0 Å². The van der Waals surface area contributed by atoms with Gasteiger partial charge in [-0.15, -0.1) is 0 Å². The smallest absolute Gasteiger partial charge is 0.334 e. The summed E-state index contributed by atoms with van der Waals surface area (Å²) in [6, 6.07) is 0. The Morgan fingerprint density at radius 2 is 2.15 bits per heavy atom. The summed E-state index contributed by atoms with van der Waals surface area (Å²) in [7, 11) is 0. The first-order valence-electron chi connectivity index (χ1n) is 8.52. The van der Waals surface area contributed by atoms with Crippen molar-refractivity contribution in [1.29, 1.82) is 0 Å². The highest BCUT2D eigenvalue weighted by atomic mass is 16.6. The number of aliphatic hydroxyl groups is 1. The molecular formula is C20H24O6. The minimum Gasteiger partial charge on any atom is -0.458 e. The van der Waals surface area contributed by atoms with Gasteiger partial charge >= 0.3 is 11.9 Å². The SMILES string of the molecule is C=C1C(=O)O[C@@H]2/C=C(/C)C(O)C/C=C(/C=O)CC(OC(=O)/C(C)=C\C)[C@H]12. The zero-order chi connectivity index (χ0) is 19.4. The third-order valence-corrected chi connectivity index (χ3v) is 4.82. The van der Waals surface area contributed by atoms with Gasteiger partial charge in [0.25, 0.3) is 0 Å². The number of carbonyl (C=O) groups excluding carboxylic acids is 3. The molecule has 0 amide bonds. The van der Waals surface area contributed by atoms with Gasteiger partial charge in [0, 0.05) is 17.6 Å². The number of allylic oxidation sites excluding steroid dienone is 1. The predicted octanol–water partition coefficient (Wildman–Crippen LogP) is 2.19. The fourth-order valence-electron chi connectivity index (χ4n) is 3.00. The molecule has 1 fully saturated rings. The van der Waals surface area contributed by atoms with Crippen LogP contribution in [0, 0.1) is 5.92 Å². The predicted molar refractivity (Wildman–Crippen MR) is 95.0 cm³/mol. The lowest BCUT2D eigenvalue weighted by Gasteiger charge is -2.27. The van der Waals surface area contributed by atoms with E-state index < -0.39 is 36.2 Å². The minimum atomic E-state index is -0.789. The van der Waals surface area contributed by atoms with Crippen molar-refractivity contribution in [1.82, 2.24) is 0 Å². The van der Waals surface area contributed by atoms with Crippen molar-refractivity contribution >= 4 is 18.2 Å². The van der Waals surface area contributed by atoms with Gasteiger partial charge in [0.15, 0.2) is 0 Å². The molecule has 2 rings (SSSR count). The minimum absolute atomic E-state index is 0.114. The number of esters is 2. The Hall–Kier alpha value is -2.47. The Labute approximate surface area is 152 Å². The van der Waals surface area contributed by atoms with Crippen LogP contribution < -0.4 is 0 Å². The highest BCUT2D eigenvalue weighted by molar-refractivity contribution is 5.92. The lowest BCUT2D eigenvalue weighted by atomic mass is 9.85. The topological polar surface area (TPSA) is 89.9 Å². The number of rotatable bonds is 3. The molecule has 1 aliphatic heterocycles. The van der Waals surface area contributed by atoms with Crippen LogP contribution in [0.25, 0.3) is 0 Å². The zero-order valence-electron chi connectivity index (χ0n) is 15.2. The summed E-state index contributed by atoms with van der Waals surface area (Å²) >= 11 is 0. The van der Waals surface area contributed by atoms with Crippen molar-refractivity contribution in [3.8, 4) is 0 Å². The average Bonchev–Trinajstić information content (AvgIpc) is 2.89. The van der Waals surface area contributed by atoms with Crippen molar-refractivity contribution in [3.05, 3.63) is 47.1 Å². The number of ether oxygens (including phenoxy) is 2. The zero-order valence-corrected chi connectivity index (χ0v) is 15.2. The second kappa shape index (κ2) is 8.27. The maximum Gasteiger partial charge on any atom is 0.334 e. The van der Waals surface area contributed by atoms with E-state index in [2.05, 4.69) is 6.58 Å². The fraction of sp³-hybridized carbons (Fsp3) is 0.450. The van der Waals surface area contributed by atoms with Gasteiger partial charge in [0.1, 0.15) is 18.5 Å². The molecule has 0 aromatic carbocycles. The van der Waals surface area contributed by atoms with Gasteiger partial charge in [-0.25, -0.2) is 9.59 Å². The third kappa shape index (κ3) is 4.19. The van der Waals surface area contributed by atoms with Crippen molar-refractivity contribution in [2.45, 2.75) is 51.9 Å². The van der Waals surface area contributed by atoms with Gasteiger partial charge in [-0.3, -0.25) is 4.79 Å². The molecule has 140 valence electrons. The number of carbonyl (C=O) groups is 3. The standard InChI is InChI=1S/C20H24O6/c1-5-11(2)19(23)25-17-9-14(10-21)6-7-15(22)12(3)8-16-18(17)13(4)20(24)26-16/h5-6,8,10,15-18,22H,4,7,9H2,1-3H3/b11-5-,12-8-,14-6+/t15?,16-,17?,18-/m1/s1. The van der Waals surface area contributed by atoms with Crippen LogP contribution in [0.3, 0.4) is 0 Å². The van der Waals surface area contributed by atoms with E-state index in [1.54, 1.807) is 39.0 Å². The second-order valence-electron chi connectivity index (χ2n) is 6.60. The Kier molecular flexibility index (Phi) is 6.32. The van der Waals surface area contributed by atoms with E-state index in [1.165, 1.54) is 0 Å². The van der Waals surface area contributed by atoms with Gasteiger partial charge < -0.3 is 14.6 Å². The number of fused-ring (bicyclic) bond motifs is 1. The normalized spacial score (nSPS) is 33.9. The largest absolute Gasteiger partial charge is 0.458 e. The van der Waals surface area contributed by atoms with E-state index in [0.717, 1.165) is 0 Å². The Balaban J connectivity index is 2.47.